The van der Waals surface area contributed by atoms with Crippen molar-refractivity contribution in [1.29, 1.82) is 0 Å². The molecule has 0 saturated heterocycles. The molecule has 1 aromatic heterocycles. The van der Waals surface area contributed by atoms with E-state index in [2.05, 4.69) is 9.97 Å². The van der Waals surface area contributed by atoms with E-state index >= 15 is 0 Å². The van der Waals surface area contributed by atoms with Crippen LogP contribution in [0.2, 0.25) is 10.0 Å². The van der Waals surface area contributed by atoms with E-state index in [-0.39, 0.29) is 12.2 Å². The van der Waals surface area contributed by atoms with Gasteiger partial charge in [0.2, 0.25) is 0 Å². The number of benzene rings is 3. The van der Waals surface area contributed by atoms with Crippen molar-refractivity contribution in [2.45, 2.75) is 6.61 Å². The van der Waals surface area contributed by atoms with Gasteiger partial charge in [-0.15, -0.1) is 0 Å². The third-order valence-corrected chi connectivity index (χ3v) is 4.75. The molecule has 4 rings (SSSR count). The van der Waals surface area contributed by atoms with Gasteiger partial charge in [0.25, 0.3) is 5.56 Å². The van der Waals surface area contributed by atoms with Gasteiger partial charge >= 0.3 is 0 Å². The van der Waals surface area contributed by atoms with Gasteiger partial charge in [-0.3, -0.25) is 4.79 Å². The molecule has 27 heavy (non-hydrogen) atoms. The first-order valence-electron chi connectivity index (χ1n) is 8.27. The first-order chi connectivity index (χ1) is 13.1. The van der Waals surface area contributed by atoms with Crippen molar-refractivity contribution in [3.63, 3.8) is 0 Å². The summed E-state index contributed by atoms with van der Waals surface area (Å²) in [5.41, 5.74) is 1.86. The molecule has 0 bridgehead atoms. The number of hydrogen-bond acceptors (Lipinski definition) is 3. The Hall–Kier alpha value is -2.82. The quantitative estimate of drug-likeness (QED) is 0.497. The van der Waals surface area contributed by atoms with Crippen molar-refractivity contribution in [2.24, 2.45) is 0 Å². The topological polar surface area (TPSA) is 55.0 Å². The zero-order valence-corrected chi connectivity index (χ0v) is 15.6. The zero-order valence-electron chi connectivity index (χ0n) is 14.1. The molecule has 134 valence electrons. The number of nitrogens with zero attached hydrogens (tertiary/aromatic N) is 1. The van der Waals surface area contributed by atoms with Crippen molar-refractivity contribution < 1.29 is 4.74 Å². The van der Waals surface area contributed by atoms with Gasteiger partial charge in [0, 0.05) is 15.6 Å². The molecule has 4 aromatic rings. The van der Waals surface area contributed by atoms with Crippen LogP contribution in [-0.2, 0) is 6.61 Å². The highest BCUT2D eigenvalue weighted by Crippen LogP contribution is 2.31. The maximum Gasteiger partial charge on any atom is 0.259 e. The predicted octanol–water partition coefficient (Wildman–Crippen LogP) is 5.48. The van der Waals surface area contributed by atoms with Crippen LogP contribution in [0.15, 0.2) is 71.5 Å². The van der Waals surface area contributed by atoms with Crippen LogP contribution < -0.4 is 10.3 Å². The van der Waals surface area contributed by atoms with Crippen LogP contribution in [0.1, 0.15) is 5.56 Å². The van der Waals surface area contributed by atoms with E-state index in [1.807, 2.05) is 30.3 Å². The summed E-state index contributed by atoms with van der Waals surface area (Å²) < 4.78 is 5.96. The summed E-state index contributed by atoms with van der Waals surface area (Å²) in [6.45, 7) is 0.284. The van der Waals surface area contributed by atoms with Crippen LogP contribution in [0, 0.1) is 0 Å². The van der Waals surface area contributed by atoms with E-state index in [0.29, 0.717) is 38.1 Å². The van der Waals surface area contributed by atoms with Crippen LogP contribution in [0.3, 0.4) is 0 Å². The highest BCUT2D eigenvalue weighted by Gasteiger charge is 2.13. The summed E-state index contributed by atoms with van der Waals surface area (Å²) in [6.07, 6.45) is 0. The van der Waals surface area contributed by atoms with Gasteiger partial charge < -0.3 is 9.72 Å². The van der Waals surface area contributed by atoms with Gasteiger partial charge in [-0.2, -0.15) is 0 Å². The second-order valence-electron chi connectivity index (χ2n) is 5.95. The third kappa shape index (κ3) is 3.68. The molecule has 0 saturated carbocycles. The monoisotopic (exact) mass is 396 g/mol. The Balaban J connectivity index is 1.76. The molecular formula is C21H14Cl2N2O2. The number of ether oxygens (including phenoxy) is 1. The maximum atomic E-state index is 12.4. The Morgan fingerprint density at radius 3 is 2.59 bits per heavy atom. The van der Waals surface area contributed by atoms with E-state index in [9.17, 15) is 4.79 Å². The number of H-pyrrole nitrogens is 1. The first-order valence-corrected chi connectivity index (χ1v) is 9.02. The second-order valence-corrected chi connectivity index (χ2v) is 6.80. The minimum atomic E-state index is -0.215. The largest absolute Gasteiger partial charge is 0.488 e. The molecular weight excluding hydrogens is 383 g/mol. The number of fused-ring (bicyclic) bond motifs is 1. The van der Waals surface area contributed by atoms with Gasteiger partial charge in [-0.1, -0.05) is 53.5 Å². The molecule has 0 aliphatic heterocycles. The van der Waals surface area contributed by atoms with Crippen molar-refractivity contribution in [3.05, 3.63) is 92.7 Å². The number of para-hydroxylation sites is 1. The normalized spacial score (nSPS) is 10.9. The Kier molecular flexibility index (Phi) is 4.84. The standard InChI is InChI=1S/C21H14Cl2N2O2/c22-14-9-10-19(27-12-13-5-1-3-7-17(13)23)16(11-14)20-24-18-8-4-2-6-15(18)21(26)25-20/h1-11H,12H2,(H,24,25,26). The van der Waals surface area contributed by atoms with E-state index in [1.165, 1.54) is 0 Å². The summed E-state index contributed by atoms with van der Waals surface area (Å²) in [5.74, 6) is 0.952. The molecule has 0 radical (unpaired) electrons. The summed E-state index contributed by atoms with van der Waals surface area (Å²) in [7, 11) is 0. The number of rotatable bonds is 4. The lowest BCUT2D eigenvalue weighted by molar-refractivity contribution is 0.307. The summed E-state index contributed by atoms with van der Waals surface area (Å²) >= 11 is 12.4. The lowest BCUT2D eigenvalue weighted by atomic mass is 10.1. The zero-order chi connectivity index (χ0) is 18.8. The van der Waals surface area contributed by atoms with Crippen LogP contribution >= 0.6 is 23.2 Å². The van der Waals surface area contributed by atoms with Crippen molar-refractivity contribution in [2.75, 3.05) is 0 Å². The molecule has 0 unspecified atom stereocenters. The Labute approximate surface area is 165 Å². The molecule has 0 spiro atoms. The van der Waals surface area contributed by atoms with Crippen molar-refractivity contribution in [3.8, 4) is 17.1 Å². The number of hydrogen-bond donors (Lipinski definition) is 1. The molecule has 0 aliphatic rings. The van der Waals surface area contributed by atoms with Gasteiger partial charge in [-0.05, 0) is 36.4 Å². The molecule has 0 aliphatic carbocycles. The number of halogens is 2. The van der Waals surface area contributed by atoms with Gasteiger partial charge in [-0.25, -0.2) is 4.98 Å². The number of aromatic nitrogens is 2. The Morgan fingerprint density at radius 1 is 0.963 bits per heavy atom. The Bertz CT molecular complexity index is 1190. The average molecular weight is 397 g/mol. The smallest absolute Gasteiger partial charge is 0.259 e. The molecule has 1 N–H and O–H groups in total. The van der Waals surface area contributed by atoms with E-state index in [4.69, 9.17) is 27.9 Å². The molecule has 6 heteroatoms. The summed E-state index contributed by atoms with van der Waals surface area (Å²) in [4.78, 5) is 19.8. The maximum absolute atomic E-state index is 12.4. The molecule has 0 amide bonds. The van der Waals surface area contributed by atoms with Crippen LogP contribution in [0.4, 0.5) is 0 Å². The lowest BCUT2D eigenvalue weighted by Crippen LogP contribution is -2.10. The van der Waals surface area contributed by atoms with Crippen molar-refractivity contribution >= 4 is 34.1 Å². The predicted molar refractivity (Wildman–Crippen MR) is 109 cm³/mol. The second kappa shape index (κ2) is 7.43. The molecule has 3 aromatic carbocycles. The van der Waals surface area contributed by atoms with E-state index < -0.39 is 0 Å². The highest BCUT2D eigenvalue weighted by atomic mass is 35.5. The van der Waals surface area contributed by atoms with Gasteiger partial charge in [0.1, 0.15) is 18.2 Å². The third-order valence-electron chi connectivity index (χ3n) is 4.15. The molecule has 1 heterocycles. The van der Waals surface area contributed by atoms with Crippen LogP contribution in [0.25, 0.3) is 22.3 Å². The fourth-order valence-corrected chi connectivity index (χ4v) is 3.16. The average Bonchev–Trinajstić information content (AvgIpc) is 2.68. The lowest BCUT2D eigenvalue weighted by Gasteiger charge is -2.13. The highest BCUT2D eigenvalue weighted by molar-refractivity contribution is 6.31. The number of aromatic amines is 1. The van der Waals surface area contributed by atoms with Crippen LogP contribution in [-0.4, -0.2) is 9.97 Å². The summed E-state index contributed by atoms with van der Waals surface area (Å²) in [5, 5.41) is 1.68. The van der Waals surface area contributed by atoms with Crippen LogP contribution in [0.5, 0.6) is 5.75 Å². The fraction of sp³-hybridized carbons (Fsp3) is 0.0476. The SMILES string of the molecule is O=c1[nH]c(-c2cc(Cl)ccc2OCc2ccccc2Cl)nc2ccccc12. The first kappa shape index (κ1) is 17.6. The minimum absolute atomic E-state index is 0.215. The Morgan fingerprint density at radius 2 is 1.74 bits per heavy atom. The molecule has 0 atom stereocenters. The minimum Gasteiger partial charge on any atom is -0.488 e. The van der Waals surface area contributed by atoms with Gasteiger partial charge in [0.05, 0.1) is 16.5 Å². The fourth-order valence-electron chi connectivity index (χ4n) is 2.80. The van der Waals surface area contributed by atoms with Crippen molar-refractivity contribution in [1.82, 2.24) is 9.97 Å². The summed E-state index contributed by atoms with van der Waals surface area (Å²) in [6, 6.07) is 19.8. The van der Waals surface area contributed by atoms with E-state index in [0.717, 1.165) is 5.56 Å². The molecule has 4 nitrogen and oxygen atoms in total. The van der Waals surface area contributed by atoms with Gasteiger partial charge in [0.15, 0.2) is 0 Å². The molecule has 0 fully saturated rings. The number of nitrogens with one attached hydrogen (secondary N) is 1. The van der Waals surface area contributed by atoms with E-state index in [1.54, 1.807) is 36.4 Å².